The van der Waals surface area contributed by atoms with E-state index in [4.69, 9.17) is 10.5 Å². The summed E-state index contributed by atoms with van der Waals surface area (Å²) in [5, 5.41) is 9.25. The topological polar surface area (TPSA) is 111 Å². The van der Waals surface area contributed by atoms with E-state index in [0.717, 1.165) is 5.75 Å². The SMILES string of the molecule is Cc1ccc(OCCCNC(=O)Nc2cnn(CC(N)=O)c2)cc1. The van der Waals surface area contributed by atoms with E-state index >= 15 is 0 Å². The van der Waals surface area contributed by atoms with Gasteiger partial charge in [0.1, 0.15) is 12.3 Å². The predicted octanol–water partition coefficient (Wildman–Crippen LogP) is 1.27. The van der Waals surface area contributed by atoms with E-state index in [1.165, 1.54) is 22.6 Å². The fourth-order valence-electron chi connectivity index (χ4n) is 1.95. The Morgan fingerprint density at radius 1 is 1.29 bits per heavy atom. The molecule has 0 saturated heterocycles. The maximum atomic E-state index is 11.7. The van der Waals surface area contributed by atoms with Crippen LogP contribution in [0.3, 0.4) is 0 Å². The summed E-state index contributed by atoms with van der Waals surface area (Å²) in [6.45, 7) is 2.98. The summed E-state index contributed by atoms with van der Waals surface area (Å²) in [5.41, 5.74) is 6.74. The van der Waals surface area contributed by atoms with Crippen LogP contribution in [0.4, 0.5) is 10.5 Å². The highest BCUT2D eigenvalue weighted by molar-refractivity contribution is 5.88. The van der Waals surface area contributed by atoms with Crippen LogP contribution in [0, 0.1) is 6.92 Å². The lowest BCUT2D eigenvalue weighted by molar-refractivity contribution is -0.118. The van der Waals surface area contributed by atoms with Crippen molar-refractivity contribution in [1.29, 1.82) is 0 Å². The van der Waals surface area contributed by atoms with Crippen molar-refractivity contribution in [2.24, 2.45) is 5.73 Å². The molecule has 0 aliphatic heterocycles. The third kappa shape index (κ3) is 5.99. The van der Waals surface area contributed by atoms with Crippen molar-refractivity contribution in [3.05, 3.63) is 42.2 Å². The number of nitrogens with two attached hydrogens (primary N) is 1. The van der Waals surface area contributed by atoms with E-state index in [1.54, 1.807) is 0 Å². The molecule has 1 aromatic carbocycles. The van der Waals surface area contributed by atoms with E-state index < -0.39 is 5.91 Å². The van der Waals surface area contributed by atoms with Gasteiger partial charge in [0.2, 0.25) is 5.91 Å². The first-order chi connectivity index (χ1) is 11.5. The Labute approximate surface area is 140 Å². The van der Waals surface area contributed by atoms with Gasteiger partial charge in [0, 0.05) is 12.7 Å². The van der Waals surface area contributed by atoms with Crippen molar-refractivity contribution in [3.8, 4) is 5.75 Å². The number of aryl methyl sites for hydroxylation is 1. The van der Waals surface area contributed by atoms with Crippen LogP contribution < -0.4 is 21.1 Å². The van der Waals surface area contributed by atoms with E-state index in [0.29, 0.717) is 25.3 Å². The van der Waals surface area contributed by atoms with Gasteiger partial charge >= 0.3 is 6.03 Å². The lowest BCUT2D eigenvalue weighted by Crippen LogP contribution is -2.30. The van der Waals surface area contributed by atoms with Crippen LogP contribution >= 0.6 is 0 Å². The minimum atomic E-state index is -0.498. The highest BCUT2D eigenvalue weighted by Gasteiger charge is 2.05. The molecule has 3 amide bonds. The van der Waals surface area contributed by atoms with Crippen LogP contribution in [-0.2, 0) is 11.3 Å². The summed E-state index contributed by atoms with van der Waals surface area (Å²) in [6, 6.07) is 7.46. The highest BCUT2D eigenvalue weighted by Crippen LogP contribution is 2.11. The Morgan fingerprint density at radius 2 is 2.04 bits per heavy atom. The number of urea groups is 1. The normalized spacial score (nSPS) is 10.2. The first kappa shape index (κ1) is 17.3. The molecule has 0 bridgehead atoms. The maximum absolute atomic E-state index is 11.7. The van der Waals surface area contributed by atoms with E-state index in [2.05, 4.69) is 15.7 Å². The first-order valence-electron chi connectivity index (χ1n) is 7.58. The molecule has 128 valence electrons. The van der Waals surface area contributed by atoms with Crippen molar-refractivity contribution in [2.45, 2.75) is 19.9 Å². The molecule has 0 spiro atoms. The Balaban J connectivity index is 1.61. The summed E-state index contributed by atoms with van der Waals surface area (Å²) >= 11 is 0. The van der Waals surface area contributed by atoms with Crippen LogP contribution in [0.2, 0.25) is 0 Å². The molecule has 1 aromatic heterocycles. The molecule has 8 nitrogen and oxygen atoms in total. The molecule has 0 radical (unpaired) electrons. The summed E-state index contributed by atoms with van der Waals surface area (Å²) in [6.07, 6.45) is 3.66. The van der Waals surface area contributed by atoms with Gasteiger partial charge in [-0.25, -0.2) is 4.79 Å². The standard InChI is InChI=1S/C16H21N5O3/c1-12-3-5-14(6-4-12)24-8-2-7-18-16(23)20-13-9-19-21(10-13)11-15(17)22/h3-6,9-10H,2,7-8,11H2,1H3,(H2,17,22)(H2,18,20,23). The van der Waals surface area contributed by atoms with Crippen LogP contribution in [0.5, 0.6) is 5.75 Å². The van der Waals surface area contributed by atoms with Gasteiger partial charge in [0.05, 0.1) is 18.5 Å². The van der Waals surface area contributed by atoms with Crippen molar-refractivity contribution in [2.75, 3.05) is 18.5 Å². The Morgan fingerprint density at radius 3 is 2.75 bits per heavy atom. The van der Waals surface area contributed by atoms with Gasteiger partial charge in [-0.3, -0.25) is 9.48 Å². The quantitative estimate of drug-likeness (QED) is 0.632. The number of hydrogen-bond acceptors (Lipinski definition) is 4. The van der Waals surface area contributed by atoms with Gasteiger partial charge in [-0.05, 0) is 25.5 Å². The van der Waals surface area contributed by atoms with Gasteiger partial charge < -0.3 is 21.1 Å². The number of amides is 3. The smallest absolute Gasteiger partial charge is 0.319 e. The lowest BCUT2D eigenvalue weighted by atomic mass is 10.2. The molecule has 1 heterocycles. The van der Waals surface area contributed by atoms with Gasteiger partial charge in [0.25, 0.3) is 0 Å². The van der Waals surface area contributed by atoms with Gasteiger partial charge in [0.15, 0.2) is 0 Å². The number of rotatable bonds is 8. The molecule has 0 aliphatic carbocycles. The molecule has 24 heavy (non-hydrogen) atoms. The molecule has 2 aromatic rings. The predicted molar refractivity (Wildman–Crippen MR) is 89.7 cm³/mol. The zero-order valence-corrected chi connectivity index (χ0v) is 13.5. The zero-order valence-electron chi connectivity index (χ0n) is 13.5. The summed E-state index contributed by atoms with van der Waals surface area (Å²) < 4.78 is 6.93. The molecule has 0 unspecified atom stereocenters. The maximum Gasteiger partial charge on any atom is 0.319 e. The molecular weight excluding hydrogens is 310 g/mol. The first-order valence-corrected chi connectivity index (χ1v) is 7.58. The third-order valence-electron chi connectivity index (χ3n) is 3.11. The molecule has 0 atom stereocenters. The molecule has 8 heteroatoms. The fraction of sp³-hybridized carbons (Fsp3) is 0.312. The number of carbonyl (C=O) groups excluding carboxylic acids is 2. The van der Waals surface area contributed by atoms with E-state index in [9.17, 15) is 9.59 Å². The van der Waals surface area contributed by atoms with Crippen LogP contribution in [-0.4, -0.2) is 34.9 Å². The van der Waals surface area contributed by atoms with Crippen LogP contribution in [0.15, 0.2) is 36.7 Å². The second-order valence-electron chi connectivity index (χ2n) is 5.29. The molecule has 0 saturated carbocycles. The van der Waals surface area contributed by atoms with Crippen molar-refractivity contribution >= 4 is 17.6 Å². The van der Waals surface area contributed by atoms with Crippen LogP contribution in [0.1, 0.15) is 12.0 Å². The van der Waals surface area contributed by atoms with Crippen molar-refractivity contribution < 1.29 is 14.3 Å². The number of anilines is 1. The zero-order chi connectivity index (χ0) is 17.4. The van der Waals surface area contributed by atoms with Crippen LogP contribution in [0.25, 0.3) is 0 Å². The second-order valence-corrected chi connectivity index (χ2v) is 5.29. The Kier molecular flexibility index (Phi) is 6.18. The largest absolute Gasteiger partial charge is 0.494 e. The highest BCUT2D eigenvalue weighted by atomic mass is 16.5. The number of ether oxygens (including phenoxy) is 1. The van der Waals surface area contributed by atoms with Crippen molar-refractivity contribution in [1.82, 2.24) is 15.1 Å². The molecular formula is C16H21N5O3. The minimum Gasteiger partial charge on any atom is -0.494 e. The second kappa shape index (κ2) is 8.56. The monoisotopic (exact) mass is 331 g/mol. The average Bonchev–Trinajstić information content (AvgIpc) is 2.95. The Bertz CT molecular complexity index is 681. The minimum absolute atomic E-state index is 0.0281. The van der Waals surface area contributed by atoms with Gasteiger partial charge in [-0.15, -0.1) is 0 Å². The number of nitrogens with one attached hydrogen (secondary N) is 2. The molecule has 0 fully saturated rings. The number of primary amides is 1. The Hall–Kier alpha value is -3.03. The third-order valence-corrected chi connectivity index (χ3v) is 3.11. The average molecular weight is 331 g/mol. The summed E-state index contributed by atoms with van der Waals surface area (Å²) in [7, 11) is 0. The number of aromatic nitrogens is 2. The lowest BCUT2D eigenvalue weighted by Gasteiger charge is -2.08. The number of hydrogen-bond donors (Lipinski definition) is 3. The van der Waals surface area contributed by atoms with Gasteiger partial charge in [-0.2, -0.15) is 5.10 Å². The van der Waals surface area contributed by atoms with Crippen molar-refractivity contribution in [3.63, 3.8) is 0 Å². The fourth-order valence-corrected chi connectivity index (χ4v) is 1.95. The van der Waals surface area contributed by atoms with E-state index in [1.807, 2.05) is 31.2 Å². The summed E-state index contributed by atoms with van der Waals surface area (Å²) in [4.78, 5) is 22.5. The van der Waals surface area contributed by atoms with Gasteiger partial charge in [-0.1, -0.05) is 17.7 Å². The van der Waals surface area contributed by atoms with E-state index in [-0.39, 0.29) is 12.6 Å². The number of nitrogens with zero attached hydrogens (tertiary/aromatic N) is 2. The molecule has 0 aliphatic rings. The number of carbonyl (C=O) groups is 2. The number of benzene rings is 1. The molecule has 2 rings (SSSR count). The molecule has 4 N–H and O–H groups in total. The summed E-state index contributed by atoms with van der Waals surface area (Å²) in [5.74, 6) is 0.314.